The van der Waals surface area contributed by atoms with Crippen LogP contribution in [0.5, 0.6) is 0 Å². The molecular weight excluding hydrogens is 234 g/mol. The average molecular weight is 253 g/mol. The highest BCUT2D eigenvalue weighted by Crippen LogP contribution is 2.13. The van der Waals surface area contributed by atoms with E-state index in [9.17, 15) is 0 Å². The van der Waals surface area contributed by atoms with E-state index in [4.69, 9.17) is 0 Å². The van der Waals surface area contributed by atoms with E-state index in [0.717, 1.165) is 31.7 Å². The van der Waals surface area contributed by atoms with E-state index in [1.165, 1.54) is 11.1 Å². The van der Waals surface area contributed by atoms with Gasteiger partial charge in [-0.3, -0.25) is 4.98 Å². The molecule has 0 radical (unpaired) electrons. The number of hydrogen-bond acceptors (Lipinski definition) is 3. The number of nitrogens with one attached hydrogen (secondary N) is 2. The summed E-state index contributed by atoms with van der Waals surface area (Å²) in [6.45, 7) is 3.02. The van der Waals surface area contributed by atoms with Crippen LogP contribution in [0.3, 0.4) is 0 Å². The van der Waals surface area contributed by atoms with Gasteiger partial charge in [0.25, 0.3) is 0 Å². The molecule has 2 aromatic rings. The molecule has 3 rings (SSSR count). The van der Waals surface area contributed by atoms with E-state index < -0.39 is 0 Å². The predicted octanol–water partition coefficient (Wildman–Crippen LogP) is 1.91. The average Bonchev–Trinajstić information content (AvgIpc) is 2.50. The zero-order valence-electron chi connectivity index (χ0n) is 11.0. The first-order chi connectivity index (χ1) is 9.42. The van der Waals surface area contributed by atoms with Crippen molar-refractivity contribution in [1.82, 2.24) is 15.6 Å². The van der Waals surface area contributed by atoms with Crippen LogP contribution in [0.1, 0.15) is 22.9 Å². The summed E-state index contributed by atoms with van der Waals surface area (Å²) in [6, 6.07) is 15.2. The lowest BCUT2D eigenvalue weighted by Crippen LogP contribution is -2.42. The van der Waals surface area contributed by atoms with Crippen LogP contribution in [0.15, 0.2) is 48.7 Å². The standard InChI is InChI=1S/C16H19N3/c1-2-4-13(5-3-1)10-14-6-7-15(19-11-14)16-12-17-8-9-18-16/h1-7,11,16-18H,8-10,12H2/t16-/m0/s1. The molecule has 0 amide bonds. The van der Waals surface area contributed by atoms with Gasteiger partial charge in [-0.2, -0.15) is 0 Å². The highest BCUT2D eigenvalue weighted by Gasteiger charge is 2.14. The molecule has 19 heavy (non-hydrogen) atoms. The van der Waals surface area contributed by atoms with Gasteiger partial charge in [-0.05, 0) is 23.6 Å². The molecule has 2 N–H and O–H groups in total. The molecule has 0 spiro atoms. The van der Waals surface area contributed by atoms with E-state index in [1.54, 1.807) is 0 Å². The van der Waals surface area contributed by atoms with Gasteiger partial charge in [-0.1, -0.05) is 36.4 Å². The second-order valence-corrected chi connectivity index (χ2v) is 4.96. The van der Waals surface area contributed by atoms with Crippen LogP contribution in [-0.4, -0.2) is 24.6 Å². The van der Waals surface area contributed by atoms with Crippen LogP contribution in [0.4, 0.5) is 0 Å². The van der Waals surface area contributed by atoms with Crippen molar-refractivity contribution in [2.45, 2.75) is 12.5 Å². The quantitative estimate of drug-likeness (QED) is 0.877. The Labute approximate surface area is 114 Å². The maximum Gasteiger partial charge on any atom is 0.0622 e. The van der Waals surface area contributed by atoms with Gasteiger partial charge in [0.1, 0.15) is 0 Å². The van der Waals surface area contributed by atoms with Crippen LogP contribution in [0.25, 0.3) is 0 Å². The summed E-state index contributed by atoms with van der Waals surface area (Å²) in [4.78, 5) is 4.60. The number of piperazine rings is 1. The maximum atomic E-state index is 4.60. The minimum Gasteiger partial charge on any atom is -0.314 e. The molecule has 1 saturated heterocycles. The van der Waals surface area contributed by atoms with Gasteiger partial charge in [-0.25, -0.2) is 0 Å². The normalized spacial score (nSPS) is 19.3. The van der Waals surface area contributed by atoms with Crippen molar-refractivity contribution in [3.05, 3.63) is 65.5 Å². The summed E-state index contributed by atoms with van der Waals surface area (Å²) in [7, 11) is 0. The van der Waals surface area contributed by atoms with Gasteiger partial charge in [0.15, 0.2) is 0 Å². The Balaban J connectivity index is 1.68. The zero-order chi connectivity index (χ0) is 12.9. The minimum absolute atomic E-state index is 0.347. The van der Waals surface area contributed by atoms with Crippen molar-refractivity contribution >= 4 is 0 Å². The number of pyridine rings is 1. The lowest BCUT2D eigenvalue weighted by molar-refractivity contribution is 0.423. The first kappa shape index (κ1) is 12.3. The summed E-state index contributed by atoms with van der Waals surface area (Å²) in [5, 5.41) is 6.86. The van der Waals surface area contributed by atoms with Crippen LogP contribution in [-0.2, 0) is 6.42 Å². The lowest BCUT2D eigenvalue weighted by Gasteiger charge is -2.24. The van der Waals surface area contributed by atoms with Gasteiger partial charge in [0.05, 0.1) is 11.7 Å². The predicted molar refractivity (Wildman–Crippen MR) is 77.1 cm³/mol. The molecule has 1 aromatic carbocycles. The lowest BCUT2D eigenvalue weighted by atomic mass is 10.1. The van der Waals surface area contributed by atoms with E-state index in [-0.39, 0.29) is 0 Å². The van der Waals surface area contributed by atoms with Gasteiger partial charge in [0.2, 0.25) is 0 Å². The number of hydrogen-bond donors (Lipinski definition) is 2. The Morgan fingerprint density at radius 3 is 2.58 bits per heavy atom. The Morgan fingerprint density at radius 1 is 1.00 bits per heavy atom. The highest BCUT2D eigenvalue weighted by atomic mass is 15.1. The minimum atomic E-state index is 0.347. The first-order valence-electron chi connectivity index (χ1n) is 6.85. The second-order valence-electron chi connectivity index (χ2n) is 4.96. The topological polar surface area (TPSA) is 37.0 Å². The fourth-order valence-electron chi connectivity index (χ4n) is 2.44. The first-order valence-corrected chi connectivity index (χ1v) is 6.85. The Bertz CT molecular complexity index is 501. The van der Waals surface area contributed by atoms with E-state index in [1.807, 2.05) is 12.3 Å². The monoisotopic (exact) mass is 253 g/mol. The van der Waals surface area contributed by atoms with Crippen LogP contribution >= 0.6 is 0 Å². The number of nitrogens with zero attached hydrogens (tertiary/aromatic N) is 1. The molecule has 3 heteroatoms. The largest absolute Gasteiger partial charge is 0.314 e. The van der Waals surface area contributed by atoms with Gasteiger partial charge >= 0.3 is 0 Å². The molecule has 98 valence electrons. The SMILES string of the molecule is c1ccc(Cc2ccc([C@@H]3CNCCN3)nc2)cc1. The third-order valence-corrected chi connectivity index (χ3v) is 3.50. The van der Waals surface area contributed by atoms with E-state index in [0.29, 0.717) is 6.04 Å². The highest BCUT2D eigenvalue weighted by molar-refractivity contribution is 5.25. The van der Waals surface area contributed by atoms with Crippen molar-refractivity contribution < 1.29 is 0 Å². The van der Waals surface area contributed by atoms with Crippen molar-refractivity contribution in [3.63, 3.8) is 0 Å². The summed E-state index contributed by atoms with van der Waals surface area (Å²) in [5.41, 5.74) is 3.72. The molecule has 1 aliphatic rings. The van der Waals surface area contributed by atoms with Gasteiger partial charge in [-0.15, -0.1) is 0 Å². The fraction of sp³-hybridized carbons (Fsp3) is 0.312. The Morgan fingerprint density at radius 2 is 1.89 bits per heavy atom. The van der Waals surface area contributed by atoms with Crippen LogP contribution in [0, 0.1) is 0 Å². The molecule has 1 fully saturated rings. The molecule has 2 heterocycles. The molecule has 1 aromatic heterocycles. The van der Waals surface area contributed by atoms with Crippen molar-refractivity contribution in [3.8, 4) is 0 Å². The third kappa shape index (κ3) is 3.19. The molecule has 0 saturated carbocycles. The van der Waals surface area contributed by atoms with Crippen molar-refractivity contribution in [1.29, 1.82) is 0 Å². The molecular formula is C16H19N3. The van der Waals surface area contributed by atoms with Gasteiger partial charge < -0.3 is 10.6 Å². The molecule has 0 aliphatic carbocycles. The summed E-state index contributed by atoms with van der Waals surface area (Å²) in [6.07, 6.45) is 2.95. The molecule has 1 aliphatic heterocycles. The number of aromatic nitrogens is 1. The van der Waals surface area contributed by atoms with Crippen LogP contribution < -0.4 is 10.6 Å². The van der Waals surface area contributed by atoms with Crippen molar-refractivity contribution in [2.24, 2.45) is 0 Å². The van der Waals surface area contributed by atoms with Crippen molar-refractivity contribution in [2.75, 3.05) is 19.6 Å². The zero-order valence-corrected chi connectivity index (χ0v) is 11.0. The number of rotatable bonds is 3. The molecule has 3 nitrogen and oxygen atoms in total. The summed E-state index contributed by atoms with van der Waals surface area (Å²) >= 11 is 0. The molecule has 0 unspecified atom stereocenters. The van der Waals surface area contributed by atoms with Gasteiger partial charge in [0, 0.05) is 25.8 Å². The fourth-order valence-corrected chi connectivity index (χ4v) is 2.44. The Hall–Kier alpha value is -1.71. The van der Waals surface area contributed by atoms with E-state index in [2.05, 4.69) is 52.0 Å². The van der Waals surface area contributed by atoms with Crippen LogP contribution in [0.2, 0.25) is 0 Å². The second kappa shape index (κ2) is 5.95. The molecule has 1 atom stereocenters. The number of benzene rings is 1. The smallest absolute Gasteiger partial charge is 0.0622 e. The third-order valence-electron chi connectivity index (χ3n) is 3.50. The molecule has 0 bridgehead atoms. The summed E-state index contributed by atoms with van der Waals surface area (Å²) < 4.78 is 0. The Kier molecular flexibility index (Phi) is 3.86. The van der Waals surface area contributed by atoms with E-state index >= 15 is 0 Å². The maximum absolute atomic E-state index is 4.60. The summed E-state index contributed by atoms with van der Waals surface area (Å²) in [5.74, 6) is 0.